The second kappa shape index (κ2) is 9.61. The Hall–Kier alpha value is -3.78. The summed E-state index contributed by atoms with van der Waals surface area (Å²) in [5.41, 5.74) is 3.45. The SMILES string of the molecule is CNc1cc2ncnc(Nc3cc(-c4ccco4)ccc3OC)c2cc1OC1CCN(C)CC1. The number of hydrogen-bond donors (Lipinski definition) is 2. The lowest BCUT2D eigenvalue weighted by Crippen LogP contribution is -2.35. The lowest BCUT2D eigenvalue weighted by Gasteiger charge is -2.30. The number of nitrogens with zero attached hydrogens (tertiary/aromatic N) is 3. The van der Waals surface area contributed by atoms with Crippen LogP contribution in [0.15, 0.2) is 59.5 Å². The molecule has 0 atom stereocenters. The minimum absolute atomic E-state index is 0.187. The number of likely N-dealkylation sites (tertiary alicyclic amines) is 1. The van der Waals surface area contributed by atoms with Crippen LogP contribution in [0.3, 0.4) is 0 Å². The van der Waals surface area contributed by atoms with Crippen LogP contribution in [0.1, 0.15) is 12.8 Å². The Morgan fingerprint density at radius 3 is 2.62 bits per heavy atom. The fourth-order valence-corrected chi connectivity index (χ4v) is 4.29. The number of furan rings is 1. The third-order valence-corrected chi connectivity index (χ3v) is 6.22. The van der Waals surface area contributed by atoms with Crippen molar-refractivity contribution in [1.29, 1.82) is 0 Å². The number of anilines is 3. The van der Waals surface area contributed by atoms with E-state index in [1.165, 1.54) is 0 Å². The van der Waals surface area contributed by atoms with E-state index in [9.17, 15) is 0 Å². The Morgan fingerprint density at radius 2 is 1.88 bits per heavy atom. The van der Waals surface area contributed by atoms with Crippen molar-refractivity contribution in [2.24, 2.45) is 0 Å². The Balaban J connectivity index is 1.51. The zero-order valence-electron chi connectivity index (χ0n) is 19.7. The fourth-order valence-electron chi connectivity index (χ4n) is 4.29. The molecule has 3 heterocycles. The molecule has 0 unspecified atom stereocenters. The van der Waals surface area contributed by atoms with Crippen molar-refractivity contribution < 1.29 is 13.9 Å². The number of ether oxygens (including phenoxy) is 2. The molecule has 0 bridgehead atoms. The topological polar surface area (TPSA) is 84.7 Å². The molecule has 8 heteroatoms. The largest absolute Gasteiger partial charge is 0.495 e. The predicted molar refractivity (Wildman–Crippen MR) is 134 cm³/mol. The molecule has 1 aliphatic rings. The maximum Gasteiger partial charge on any atom is 0.143 e. The molecule has 176 valence electrons. The smallest absolute Gasteiger partial charge is 0.143 e. The molecule has 2 N–H and O–H groups in total. The number of benzene rings is 2. The number of hydrogen-bond acceptors (Lipinski definition) is 8. The van der Waals surface area contributed by atoms with E-state index < -0.39 is 0 Å². The number of piperidine rings is 1. The summed E-state index contributed by atoms with van der Waals surface area (Å²) in [5, 5.41) is 7.56. The maximum absolute atomic E-state index is 6.44. The van der Waals surface area contributed by atoms with Crippen LogP contribution >= 0.6 is 0 Å². The molecule has 5 rings (SSSR count). The maximum atomic E-state index is 6.44. The molecular formula is C26H29N5O3. The molecule has 0 radical (unpaired) electrons. The van der Waals surface area contributed by atoms with Crippen LogP contribution < -0.4 is 20.1 Å². The van der Waals surface area contributed by atoms with Gasteiger partial charge in [-0.05, 0) is 62.4 Å². The van der Waals surface area contributed by atoms with E-state index in [-0.39, 0.29) is 6.10 Å². The van der Waals surface area contributed by atoms with E-state index in [1.807, 2.05) is 49.5 Å². The first-order valence-electron chi connectivity index (χ1n) is 11.4. The molecule has 1 aliphatic heterocycles. The van der Waals surface area contributed by atoms with Crippen LogP contribution in [0.2, 0.25) is 0 Å². The summed E-state index contributed by atoms with van der Waals surface area (Å²) in [4.78, 5) is 11.4. The van der Waals surface area contributed by atoms with Gasteiger partial charge in [-0.25, -0.2) is 9.97 Å². The first-order valence-corrected chi connectivity index (χ1v) is 11.4. The standard InChI is InChI=1S/C26H29N5O3/c1-27-21-15-20-19(14-25(21)34-18-8-10-31(2)11-9-18)26(29-16-28-20)30-22-13-17(6-7-24(22)32-3)23-5-4-12-33-23/h4-7,12-16,18,27H,8-11H2,1-3H3,(H,28,29,30). The van der Waals surface area contributed by atoms with Crippen LogP contribution in [-0.4, -0.2) is 55.3 Å². The summed E-state index contributed by atoms with van der Waals surface area (Å²) in [7, 11) is 5.70. The number of rotatable bonds is 7. The van der Waals surface area contributed by atoms with E-state index in [1.54, 1.807) is 19.7 Å². The van der Waals surface area contributed by atoms with Gasteiger partial charge in [0.2, 0.25) is 0 Å². The van der Waals surface area contributed by atoms with Crippen LogP contribution in [0.4, 0.5) is 17.2 Å². The molecule has 0 amide bonds. The molecule has 1 fully saturated rings. The van der Waals surface area contributed by atoms with Gasteiger partial charge in [0, 0.05) is 31.1 Å². The summed E-state index contributed by atoms with van der Waals surface area (Å²) >= 11 is 0. The van der Waals surface area contributed by atoms with E-state index >= 15 is 0 Å². The van der Waals surface area contributed by atoms with E-state index in [0.29, 0.717) is 11.6 Å². The van der Waals surface area contributed by atoms with Gasteiger partial charge < -0.3 is 29.4 Å². The summed E-state index contributed by atoms with van der Waals surface area (Å²) < 4.78 is 17.6. The van der Waals surface area contributed by atoms with E-state index in [0.717, 1.165) is 65.3 Å². The minimum Gasteiger partial charge on any atom is -0.495 e. The fraction of sp³-hybridized carbons (Fsp3) is 0.308. The molecule has 0 aliphatic carbocycles. The Bertz CT molecular complexity index is 1270. The molecule has 2 aromatic carbocycles. The predicted octanol–water partition coefficient (Wildman–Crippen LogP) is 5.16. The quantitative estimate of drug-likeness (QED) is 0.392. The average Bonchev–Trinajstić information content (AvgIpc) is 3.40. The molecule has 2 aromatic heterocycles. The zero-order chi connectivity index (χ0) is 23.5. The highest BCUT2D eigenvalue weighted by Gasteiger charge is 2.20. The Morgan fingerprint density at radius 1 is 1.03 bits per heavy atom. The van der Waals surface area contributed by atoms with Crippen LogP contribution in [0.5, 0.6) is 11.5 Å². The van der Waals surface area contributed by atoms with Crippen molar-refractivity contribution in [2.75, 3.05) is 44.9 Å². The molecule has 0 spiro atoms. The van der Waals surface area contributed by atoms with Crippen molar-refractivity contribution in [1.82, 2.24) is 14.9 Å². The average molecular weight is 460 g/mol. The summed E-state index contributed by atoms with van der Waals surface area (Å²) in [5.74, 6) is 2.97. The first kappa shape index (κ1) is 22.0. The summed E-state index contributed by atoms with van der Waals surface area (Å²) in [6, 6.07) is 13.7. The first-order chi connectivity index (χ1) is 16.6. The lowest BCUT2D eigenvalue weighted by molar-refractivity contribution is 0.115. The van der Waals surface area contributed by atoms with Crippen LogP contribution in [-0.2, 0) is 0 Å². The van der Waals surface area contributed by atoms with Gasteiger partial charge in [-0.3, -0.25) is 0 Å². The van der Waals surface area contributed by atoms with Gasteiger partial charge in [0.05, 0.1) is 30.3 Å². The monoisotopic (exact) mass is 459 g/mol. The second-order valence-electron chi connectivity index (χ2n) is 8.48. The van der Waals surface area contributed by atoms with Gasteiger partial charge in [0.1, 0.15) is 35.5 Å². The van der Waals surface area contributed by atoms with Crippen molar-refractivity contribution in [3.63, 3.8) is 0 Å². The van der Waals surface area contributed by atoms with Gasteiger partial charge in [-0.15, -0.1) is 0 Å². The van der Waals surface area contributed by atoms with E-state index in [4.69, 9.17) is 13.9 Å². The normalized spacial score (nSPS) is 14.8. The number of fused-ring (bicyclic) bond motifs is 1. The van der Waals surface area contributed by atoms with Crippen LogP contribution in [0.25, 0.3) is 22.2 Å². The second-order valence-corrected chi connectivity index (χ2v) is 8.48. The molecule has 8 nitrogen and oxygen atoms in total. The number of methoxy groups -OCH3 is 1. The van der Waals surface area contributed by atoms with Crippen molar-refractivity contribution in [3.05, 3.63) is 55.1 Å². The van der Waals surface area contributed by atoms with Gasteiger partial charge in [0.15, 0.2) is 0 Å². The minimum atomic E-state index is 0.187. The van der Waals surface area contributed by atoms with Gasteiger partial charge in [-0.1, -0.05) is 0 Å². The molecule has 34 heavy (non-hydrogen) atoms. The highest BCUT2D eigenvalue weighted by molar-refractivity contribution is 5.95. The third-order valence-electron chi connectivity index (χ3n) is 6.22. The van der Waals surface area contributed by atoms with Crippen molar-refractivity contribution >= 4 is 28.1 Å². The van der Waals surface area contributed by atoms with Gasteiger partial charge >= 0.3 is 0 Å². The van der Waals surface area contributed by atoms with Crippen molar-refractivity contribution in [2.45, 2.75) is 18.9 Å². The van der Waals surface area contributed by atoms with Gasteiger partial charge in [0.25, 0.3) is 0 Å². The highest BCUT2D eigenvalue weighted by Crippen LogP contribution is 2.37. The molecule has 0 saturated carbocycles. The number of nitrogens with one attached hydrogen (secondary N) is 2. The Labute approximate surface area is 198 Å². The third kappa shape index (κ3) is 4.49. The van der Waals surface area contributed by atoms with Crippen molar-refractivity contribution in [3.8, 4) is 22.8 Å². The summed E-state index contributed by atoms with van der Waals surface area (Å²) in [6.07, 6.45) is 5.42. The highest BCUT2D eigenvalue weighted by atomic mass is 16.5. The summed E-state index contributed by atoms with van der Waals surface area (Å²) in [6.45, 7) is 2.07. The number of aromatic nitrogens is 2. The molecule has 1 saturated heterocycles. The molecular weight excluding hydrogens is 430 g/mol. The Kier molecular flexibility index (Phi) is 6.22. The zero-order valence-corrected chi connectivity index (χ0v) is 19.7. The van der Waals surface area contributed by atoms with E-state index in [2.05, 4.69) is 32.5 Å². The molecule has 4 aromatic rings. The van der Waals surface area contributed by atoms with Crippen LogP contribution in [0, 0.1) is 0 Å². The van der Waals surface area contributed by atoms with Gasteiger partial charge in [-0.2, -0.15) is 0 Å². The lowest BCUT2D eigenvalue weighted by atomic mass is 10.1.